The number of amides is 3. The monoisotopic (exact) mass is 479 g/mol. The summed E-state index contributed by atoms with van der Waals surface area (Å²) in [6, 6.07) is 18.2. The van der Waals surface area contributed by atoms with Crippen LogP contribution in [0, 0.1) is 5.82 Å². The Morgan fingerprint density at radius 3 is 2.15 bits per heavy atom. The molecule has 0 unspecified atom stereocenters. The molecule has 0 bridgehead atoms. The van der Waals surface area contributed by atoms with Crippen molar-refractivity contribution in [3.63, 3.8) is 0 Å². The number of halogens is 2. The molecule has 34 heavy (non-hydrogen) atoms. The van der Waals surface area contributed by atoms with Crippen LogP contribution in [0.4, 0.5) is 21.5 Å². The van der Waals surface area contributed by atoms with Crippen molar-refractivity contribution in [2.24, 2.45) is 0 Å². The van der Waals surface area contributed by atoms with E-state index in [4.69, 9.17) is 16.3 Å². The standard InChI is InChI=1S/C25H19ClFN3O4/c1-2-34-20-13-11-19(12-14-20)30-24(32)21(26)22(25(30)33)28-17-7-3-15(4-8-17)23(31)29-18-9-5-16(27)6-10-18/h3-14,28H,2H2,1H3,(H,29,31). The van der Waals surface area contributed by atoms with Crippen molar-refractivity contribution in [3.05, 3.63) is 94.9 Å². The lowest BCUT2D eigenvalue weighted by Crippen LogP contribution is -2.32. The second-order valence-electron chi connectivity index (χ2n) is 7.22. The Labute approximate surface area is 199 Å². The van der Waals surface area contributed by atoms with Gasteiger partial charge in [-0.2, -0.15) is 0 Å². The Bertz CT molecular complexity index is 1270. The highest BCUT2D eigenvalue weighted by Gasteiger charge is 2.39. The van der Waals surface area contributed by atoms with Gasteiger partial charge in [-0.15, -0.1) is 0 Å². The van der Waals surface area contributed by atoms with Crippen LogP contribution in [0.2, 0.25) is 0 Å². The topological polar surface area (TPSA) is 87.7 Å². The molecule has 0 aliphatic carbocycles. The zero-order valence-corrected chi connectivity index (χ0v) is 18.7. The number of imide groups is 1. The highest BCUT2D eigenvalue weighted by Crippen LogP contribution is 2.31. The van der Waals surface area contributed by atoms with Crippen molar-refractivity contribution >= 4 is 46.4 Å². The van der Waals surface area contributed by atoms with Crippen LogP contribution in [0.3, 0.4) is 0 Å². The molecule has 2 N–H and O–H groups in total. The number of rotatable bonds is 7. The Morgan fingerprint density at radius 2 is 1.53 bits per heavy atom. The van der Waals surface area contributed by atoms with E-state index >= 15 is 0 Å². The second kappa shape index (κ2) is 9.76. The fourth-order valence-corrected chi connectivity index (χ4v) is 3.50. The lowest BCUT2D eigenvalue weighted by Gasteiger charge is -2.15. The maximum Gasteiger partial charge on any atom is 0.283 e. The lowest BCUT2D eigenvalue weighted by atomic mass is 10.2. The molecule has 7 nitrogen and oxygen atoms in total. The van der Waals surface area contributed by atoms with Gasteiger partial charge in [-0.05, 0) is 79.7 Å². The zero-order valence-electron chi connectivity index (χ0n) is 18.0. The second-order valence-corrected chi connectivity index (χ2v) is 7.60. The first-order valence-corrected chi connectivity index (χ1v) is 10.7. The van der Waals surface area contributed by atoms with E-state index in [2.05, 4.69) is 10.6 Å². The van der Waals surface area contributed by atoms with Gasteiger partial charge in [-0.25, -0.2) is 9.29 Å². The largest absolute Gasteiger partial charge is 0.494 e. The third-order valence-electron chi connectivity index (χ3n) is 4.95. The smallest absolute Gasteiger partial charge is 0.283 e. The third kappa shape index (κ3) is 4.77. The number of nitrogens with zero attached hydrogens (tertiary/aromatic N) is 1. The van der Waals surface area contributed by atoms with Crippen LogP contribution in [0.1, 0.15) is 17.3 Å². The normalized spacial score (nSPS) is 13.3. The van der Waals surface area contributed by atoms with Gasteiger partial charge in [0.25, 0.3) is 17.7 Å². The molecule has 0 fully saturated rings. The highest BCUT2D eigenvalue weighted by molar-refractivity contribution is 6.53. The van der Waals surface area contributed by atoms with E-state index in [0.717, 1.165) is 4.90 Å². The van der Waals surface area contributed by atoms with Crippen LogP contribution < -0.4 is 20.3 Å². The lowest BCUT2D eigenvalue weighted by molar-refractivity contribution is -0.120. The van der Waals surface area contributed by atoms with Gasteiger partial charge in [0.1, 0.15) is 22.3 Å². The van der Waals surface area contributed by atoms with Gasteiger partial charge in [-0.1, -0.05) is 11.6 Å². The van der Waals surface area contributed by atoms with Gasteiger partial charge in [0.05, 0.1) is 12.3 Å². The van der Waals surface area contributed by atoms with E-state index < -0.39 is 17.6 Å². The number of nitrogens with one attached hydrogen (secondary N) is 2. The summed E-state index contributed by atoms with van der Waals surface area (Å²) in [5, 5.41) is 5.29. The van der Waals surface area contributed by atoms with Crippen LogP contribution in [-0.4, -0.2) is 24.3 Å². The number of anilines is 3. The fourth-order valence-electron chi connectivity index (χ4n) is 3.29. The van der Waals surface area contributed by atoms with E-state index in [1.54, 1.807) is 48.5 Å². The molecule has 1 aliphatic heterocycles. The molecule has 1 aliphatic rings. The van der Waals surface area contributed by atoms with Crippen LogP contribution in [0.25, 0.3) is 0 Å². The van der Waals surface area contributed by atoms with Crippen molar-refractivity contribution in [1.29, 1.82) is 0 Å². The Hall–Kier alpha value is -4.17. The van der Waals surface area contributed by atoms with Gasteiger partial charge in [0, 0.05) is 16.9 Å². The minimum atomic E-state index is -0.645. The maximum atomic E-state index is 13.0. The van der Waals surface area contributed by atoms with Crippen LogP contribution in [-0.2, 0) is 9.59 Å². The summed E-state index contributed by atoms with van der Waals surface area (Å²) in [5.74, 6) is -1.41. The average molecular weight is 480 g/mol. The van der Waals surface area contributed by atoms with E-state index in [9.17, 15) is 18.8 Å². The number of benzene rings is 3. The van der Waals surface area contributed by atoms with Gasteiger partial charge >= 0.3 is 0 Å². The molecule has 0 radical (unpaired) electrons. The van der Waals surface area contributed by atoms with Gasteiger partial charge in [0.2, 0.25) is 0 Å². The molecule has 0 spiro atoms. The summed E-state index contributed by atoms with van der Waals surface area (Å²) in [4.78, 5) is 38.9. The van der Waals surface area contributed by atoms with Crippen molar-refractivity contribution in [3.8, 4) is 5.75 Å². The molecule has 9 heteroatoms. The first-order valence-electron chi connectivity index (χ1n) is 10.3. The summed E-state index contributed by atoms with van der Waals surface area (Å²) < 4.78 is 18.4. The summed E-state index contributed by atoms with van der Waals surface area (Å²) in [5.41, 5.74) is 1.56. The molecule has 3 amide bonds. The predicted octanol–water partition coefficient (Wildman–Crippen LogP) is 4.91. The number of ether oxygens (including phenoxy) is 1. The first-order chi connectivity index (χ1) is 16.4. The maximum absolute atomic E-state index is 13.0. The molecule has 172 valence electrons. The zero-order chi connectivity index (χ0) is 24.2. The minimum absolute atomic E-state index is 0.0657. The van der Waals surface area contributed by atoms with Crippen LogP contribution >= 0.6 is 11.6 Å². The van der Waals surface area contributed by atoms with Crippen molar-refractivity contribution < 1.29 is 23.5 Å². The molecule has 0 saturated heterocycles. The Balaban J connectivity index is 1.45. The molecule has 0 saturated carbocycles. The molecular weight excluding hydrogens is 461 g/mol. The van der Waals surface area contributed by atoms with Gasteiger partial charge in [-0.3, -0.25) is 14.4 Å². The molecule has 3 aromatic carbocycles. The number of carbonyl (C=O) groups is 3. The first kappa shape index (κ1) is 23.0. The van der Waals surface area contributed by atoms with Crippen molar-refractivity contribution in [2.75, 3.05) is 22.1 Å². The van der Waals surface area contributed by atoms with Crippen molar-refractivity contribution in [2.45, 2.75) is 6.92 Å². The minimum Gasteiger partial charge on any atom is -0.494 e. The highest BCUT2D eigenvalue weighted by atomic mass is 35.5. The van der Waals surface area contributed by atoms with E-state index in [0.29, 0.717) is 35.0 Å². The molecule has 1 heterocycles. The summed E-state index contributed by atoms with van der Waals surface area (Å²) in [6.07, 6.45) is 0. The van der Waals surface area contributed by atoms with E-state index in [-0.39, 0.29) is 16.6 Å². The quantitative estimate of drug-likeness (QED) is 0.470. The molecular formula is C25H19ClFN3O4. The summed E-state index contributed by atoms with van der Waals surface area (Å²) in [6.45, 7) is 2.35. The molecule has 0 atom stereocenters. The van der Waals surface area contributed by atoms with Gasteiger partial charge < -0.3 is 15.4 Å². The molecule has 4 rings (SSSR count). The summed E-state index contributed by atoms with van der Waals surface area (Å²) >= 11 is 6.17. The van der Waals surface area contributed by atoms with Crippen molar-refractivity contribution in [1.82, 2.24) is 0 Å². The third-order valence-corrected chi connectivity index (χ3v) is 5.30. The van der Waals surface area contributed by atoms with Crippen LogP contribution in [0.15, 0.2) is 83.5 Å². The van der Waals surface area contributed by atoms with Crippen LogP contribution in [0.5, 0.6) is 5.75 Å². The fraction of sp³-hybridized carbons (Fsp3) is 0.0800. The van der Waals surface area contributed by atoms with Gasteiger partial charge in [0.15, 0.2) is 0 Å². The number of hydrogen-bond acceptors (Lipinski definition) is 5. The Kier molecular flexibility index (Phi) is 6.60. The number of carbonyl (C=O) groups excluding carboxylic acids is 3. The SMILES string of the molecule is CCOc1ccc(N2C(=O)C(Cl)=C(Nc3ccc(C(=O)Nc4ccc(F)cc4)cc3)C2=O)cc1. The average Bonchev–Trinajstić information content (AvgIpc) is 3.05. The number of hydrogen-bond donors (Lipinski definition) is 2. The molecule has 3 aromatic rings. The predicted molar refractivity (Wildman–Crippen MR) is 127 cm³/mol. The van der Waals surface area contributed by atoms with E-state index in [1.165, 1.54) is 24.3 Å². The van der Waals surface area contributed by atoms with E-state index in [1.807, 2.05) is 6.92 Å². The Morgan fingerprint density at radius 1 is 0.912 bits per heavy atom. The molecule has 0 aromatic heterocycles. The summed E-state index contributed by atoms with van der Waals surface area (Å²) in [7, 11) is 0.